The van der Waals surface area contributed by atoms with Crippen molar-refractivity contribution in [3.63, 3.8) is 0 Å². The molecule has 0 aromatic heterocycles. The summed E-state index contributed by atoms with van der Waals surface area (Å²) in [5.41, 5.74) is 5.01. The van der Waals surface area contributed by atoms with Gasteiger partial charge in [0.25, 0.3) is 0 Å². The van der Waals surface area contributed by atoms with Crippen LogP contribution in [0.2, 0.25) is 0 Å². The summed E-state index contributed by atoms with van der Waals surface area (Å²) in [5.74, 6) is 0. The van der Waals surface area contributed by atoms with Crippen LogP contribution in [0.4, 0.5) is 0 Å². The third-order valence-corrected chi connectivity index (χ3v) is 6.83. The third-order valence-electron chi connectivity index (χ3n) is 6.83. The molecule has 31 heavy (non-hydrogen) atoms. The van der Waals surface area contributed by atoms with Crippen molar-refractivity contribution in [1.82, 2.24) is 9.80 Å². The highest BCUT2D eigenvalue weighted by atomic mass is 16.5. The Morgan fingerprint density at radius 3 is 2.19 bits per heavy atom. The zero-order chi connectivity index (χ0) is 21.7. The fourth-order valence-electron chi connectivity index (χ4n) is 4.58. The van der Waals surface area contributed by atoms with Gasteiger partial charge in [0.05, 0.1) is 25.9 Å². The molecule has 1 N–H and O–H groups in total. The van der Waals surface area contributed by atoms with E-state index >= 15 is 0 Å². The average Bonchev–Trinajstić information content (AvgIpc) is 3.33. The molecule has 0 unspecified atom stereocenters. The molecule has 5 heteroatoms. The SMILES string of the molecule is CC(C)(c1ccc(-c2ccc(CO[C@@H]3CCOC3)cc2)cc1)N1CCN(CCO)CC1. The number of β-amino-alcohol motifs (C(OH)–C–C–N with tert-alkyl or cyclic N) is 1. The second kappa shape index (κ2) is 10.2. The van der Waals surface area contributed by atoms with Crippen molar-refractivity contribution in [2.24, 2.45) is 0 Å². The van der Waals surface area contributed by atoms with E-state index in [4.69, 9.17) is 14.6 Å². The lowest BCUT2D eigenvalue weighted by molar-refractivity contribution is 0.0317. The van der Waals surface area contributed by atoms with E-state index in [2.05, 4.69) is 72.2 Å². The van der Waals surface area contributed by atoms with E-state index in [9.17, 15) is 0 Å². The van der Waals surface area contributed by atoms with Gasteiger partial charge in [-0.05, 0) is 42.5 Å². The summed E-state index contributed by atoms with van der Waals surface area (Å²) in [6, 6.07) is 17.7. The lowest BCUT2D eigenvalue weighted by atomic mass is 9.90. The number of ether oxygens (including phenoxy) is 2. The van der Waals surface area contributed by atoms with Crippen molar-refractivity contribution in [1.29, 1.82) is 0 Å². The number of nitrogens with zero attached hydrogens (tertiary/aromatic N) is 2. The summed E-state index contributed by atoms with van der Waals surface area (Å²) in [6.45, 7) is 11.9. The second-order valence-electron chi connectivity index (χ2n) is 9.18. The van der Waals surface area contributed by atoms with Gasteiger partial charge in [0.2, 0.25) is 0 Å². The monoisotopic (exact) mass is 424 g/mol. The van der Waals surface area contributed by atoms with Crippen molar-refractivity contribution in [2.45, 2.75) is 38.5 Å². The van der Waals surface area contributed by atoms with E-state index < -0.39 is 0 Å². The average molecular weight is 425 g/mol. The Bertz CT molecular complexity index is 806. The van der Waals surface area contributed by atoms with Gasteiger partial charge in [-0.15, -0.1) is 0 Å². The number of rotatable bonds is 8. The van der Waals surface area contributed by atoms with E-state index in [1.807, 2.05) is 0 Å². The van der Waals surface area contributed by atoms with Gasteiger partial charge in [-0.1, -0.05) is 48.5 Å². The standard InChI is InChI=1S/C26H36N2O3/c1-26(2,28-14-12-27(13-15-28)16-17-29)24-9-7-23(8-10-24)22-5-3-21(4-6-22)19-31-25-11-18-30-20-25/h3-10,25,29H,11-20H2,1-2H3/t25-/m1/s1. The minimum atomic E-state index is -0.00498. The molecule has 1 atom stereocenters. The smallest absolute Gasteiger partial charge is 0.0834 e. The highest BCUT2D eigenvalue weighted by molar-refractivity contribution is 5.64. The van der Waals surface area contributed by atoms with E-state index in [1.165, 1.54) is 22.3 Å². The van der Waals surface area contributed by atoms with Gasteiger partial charge in [-0.25, -0.2) is 0 Å². The molecule has 0 radical (unpaired) electrons. The van der Waals surface area contributed by atoms with Crippen LogP contribution in [0.25, 0.3) is 11.1 Å². The van der Waals surface area contributed by atoms with Gasteiger partial charge >= 0.3 is 0 Å². The zero-order valence-corrected chi connectivity index (χ0v) is 18.9. The van der Waals surface area contributed by atoms with Gasteiger partial charge in [0.15, 0.2) is 0 Å². The van der Waals surface area contributed by atoms with Crippen molar-refractivity contribution >= 4 is 0 Å². The Balaban J connectivity index is 1.36. The highest BCUT2D eigenvalue weighted by Crippen LogP contribution is 2.31. The van der Waals surface area contributed by atoms with Crippen LogP contribution in [0.5, 0.6) is 0 Å². The van der Waals surface area contributed by atoms with Crippen LogP contribution in [0.15, 0.2) is 48.5 Å². The molecule has 2 saturated heterocycles. The van der Waals surface area contributed by atoms with E-state index in [0.29, 0.717) is 6.61 Å². The maximum atomic E-state index is 9.16. The fraction of sp³-hybridized carbons (Fsp3) is 0.538. The van der Waals surface area contributed by atoms with Crippen LogP contribution < -0.4 is 0 Å². The van der Waals surface area contributed by atoms with E-state index in [-0.39, 0.29) is 18.2 Å². The first kappa shape index (κ1) is 22.4. The molecule has 2 aromatic rings. The Morgan fingerprint density at radius 2 is 1.61 bits per heavy atom. The first-order valence-corrected chi connectivity index (χ1v) is 11.5. The minimum Gasteiger partial charge on any atom is -0.395 e. The molecule has 2 fully saturated rings. The Labute approximate surface area is 186 Å². The molecule has 2 aromatic carbocycles. The van der Waals surface area contributed by atoms with E-state index in [1.54, 1.807) is 0 Å². The Kier molecular flexibility index (Phi) is 7.41. The zero-order valence-electron chi connectivity index (χ0n) is 18.9. The lowest BCUT2D eigenvalue weighted by Crippen LogP contribution is -2.53. The molecule has 0 bridgehead atoms. The Morgan fingerprint density at radius 1 is 0.968 bits per heavy atom. The number of piperazine rings is 1. The molecule has 2 aliphatic heterocycles. The first-order valence-electron chi connectivity index (χ1n) is 11.5. The summed E-state index contributed by atoms with van der Waals surface area (Å²) in [7, 11) is 0. The number of benzene rings is 2. The molecule has 0 amide bonds. The van der Waals surface area contributed by atoms with Crippen LogP contribution in [-0.2, 0) is 21.6 Å². The van der Waals surface area contributed by atoms with Crippen LogP contribution in [0.1, 0.15) is 31.4 Å². The van der Waals surface area contributed by atoms with Gasteiger partial charge < -0.3 is 14.6 Å². The summed E-state index contributed by atoms with van der Waals surface area (Å²) in [5, 5.41) is 9.16. The topological polar surface area (TPSA) is 45.2 Å². The highest BCUT2D eigenvalue weighted by Gasteiger charge is 2.31. The van der Waals surface area contributed by atoms with Crippen molar-refractivity contribution in [3.05, 3.63) is 59.7 Å². The predicted octanol–water partition coefficient (Wildman–Crippen LogP) is 3.50. The fourth-order valence-corrected chi connectivity index (χ4v) is 4.58. The normalized spacial score (nSPS) is 20.9. The molecular formula is C26H36N2O3. The first-order chi connectivity index (χ1) is 15.1. The van der Waals surface area contributed by atoms with Crippen molar-refractivity contribution in [3.8, 4) is 11.1 Å². The molecule has 168 valence electrons. The lowest BCUT2D eigenvalue weighted by Gasteiger charge is -2.44. The van der Waals surface area contributed by atoms with Gasteiger partial charge in [0.1, 0.15) is 0 Å². The van der Waals surface area contributed by atoms with Gasteiger partial charge in [0, 0.05) is 44.9 Å². The van der Waals surface area contributed by atoms with Crippen molar-refractivity contribution < 1.29 is 14.6 Å². The quantitative estimate of drug-likeness (QED) is 0.703. The van der Waals surface area contributed by atoms with Crippen LogP contribution in [0, 0.1) is 0 Å². The molecule has 5 nitrogen and oxygen atoms in total. The largest absolute Gasteiger partial charge is 0.395 e. The van der Waals surface area contributed by atoms with E-state index in [0.717, 1.165) is 52.4 Å². The Hall–Kier alpha value is -1.76. The number of hydrogen-bond donors (Lipinski definition) is 1. The maximum absolute atomic E-state index is 9.16. The molecule has 2 heterocycles. The van der Waals surface area contributed by atoms with Gasteiger partial charge in [-0.2, -0.15) is 0 Å². The van der Waals surface area contributed by atoms with Crippen molar-refractivity contribution in [2.75, 3.05) is 52.5 Å². The summed E-state index contributed by atoms with van der Waals surface area (Å²) in [6.07, 6.45) is 1.24. The molecule has 4 rings (SSSR count). The molecule has 0 aliphatic carbocycles. The van der Waals surface area contributed by atoms with Crippen LogP contribution in [-0.4, -0.2) is 73.6 Å². The predicted molar refractivity (Wildman–Crippen MR) is 124 cm³/mol. The molecule has 0 saturated carbocycles. The maximum Gasteiger partial charge on any atom is 0.0834 e. The molecule has 2 aliphatic rings. The summed E-state index contributed by atoms with van der Waals surface area (Å²) in [4.78, 5) is 4.89. The summed E-state index contributed by atoms with van der Waals surface area (Å²) < 4.78 is 11.3. The number of aliphatic hydroxyl groups excluding tert-OH is 1. The summed E-state index contributed by atoms with van der Waals surface area (Å²) >= 11 is 0. The van der Waals surface area contributed by atoms with Gasteiger partial charge in [-0.3, -0.25) is 9.80 Å². The number of aliphatic hydroxyl groups is 1. The minimum absolute atomic E-state index is 0.00498. The number of hydrogen-bond acceptors (Lipinski definition) is 5. The molecule has 0 spiro atoms. The third kappa shape index (κ3) is 5.54. The van der Waals surface area contributed by atoms with Crippen LogP contribution in [0.3, 0.4) is 0 Å². The molecular weight excluding hydrogens is 388 g/mol. The second-order valence-corrected chi connectivity index (χ2v) is 9.18. The van der Waals surface area contributed by atoms with Crippen LogP contribution >= 0.6 is 0 Å².